The topological polar surface area (TPSA) is 20.2 Å². The van der Waals surface area contributed by atoms with E-state index < -0.39 is 0 Å². The summed E-state index contributed by atoms with van der Waals surface area (Å²) in [5.74, 6) is 0.516. The van der Waals surface area contributed by atoms with Crippen LogP contribution in [0.2, 0.25) is 0 Å². The molecule has 0 aliphatic heterocycles. The highest BCUT2D eigenvalue weighted by Crippen LogP contribution is 2.38. The summed E-state index contributed by atoms with van der Waals surface area (Å²) < 4.78 is 0. The van der Waals surface area contributed by atoms with E-state index in [1.807, 2.05) is 0 Å². The molecule has 0 spiro atoms. The van der Waals surface area contributed by atoms with Crippen molar-refractivity contribution in [3.63, 3.8) is 0 Å². The van der Waals surface area contributed by atoms with Crippen molar-refractivity contribution in [2.75, 3.05) is 0 Å². The molecule has 0 saturated heterocycles. The van der Waals surface area contributed by atoms with Gasteiger partial charge in [0.05, 0.1) is 6.10 Å². The largest absolute Gasteiger partial charge is 0.388 e. The average Bonchev–Trinajstić information content (AvgIpc) is 2.73. The van der Waals surface area contributed by atoms with Gasteiger partial charge in [-0.1, -0.05) is 12.8 Å². The number of hydrogen-bond acceptors (Lipinski definition) is 2. The van der Waals surface area contributed by atoms with E-state index in [2.05, 4.69) is 19.9 Å². The van der Waals surface area contributed by atoms with Crippen molar-refractivity contribution in [2.24, 2.45) is 5.92 Å². The van der Waals surface area contributed by atoms with Crippen LogP contribution < -0.4 is 0 Å². The zero-order valence-electron chi connectivity index (χ0n) is 8.92. The normalized spacial score (nSPS) is 20.2. The lowest BCUT2D eigenvalue weighted by molar-refractivity contribution is 0.111. The van der Waals surface area contributed by atoms with Crippen LogP contribution in [0.5, 0.6) is 0 Å². The minimum Gasteiger partial charge on any atom is -0.388 e. The van der Waals surface area contributed by atoms with Crippen molar-refractivity contribution in [3.8, 4) is 0 Å². The van der Waals surface area contributed by atoms with E-state index in [1.165, 1.54) is 41.0 Å². The summed E-state index contributed by atoms with van der Waals surface area (Å²) in [6.07, 6.45) is 4.79. The van der Waals surface area contributed by atoms with E-state index in [0.717, 1.165) is 0 Å². The van der Waals surface area contributed by atoms with E-state index in [9.17, 15) is 5.11 Å². The van der Waals surface area contributed by atoms with Crippen LogP contribution in [0.15, 0.2) is 6.07 Å². The fraction of sp³-hybridized carbons (Fsp3) is 0.667. The lowest BCUT2D eigenvalue weighted by Crippen LogP contribution is -2.08. The monoisotopic (exact) mass is 210 g/mol. The molecule has 1 heterocycles. The second kappa shape index (κ2) is 4.03. The highest BCUT2D eigenvalue weighted by Gasteiger charge is 2.26. The predicted octanol–water partition coefficient (Wildman–Crippen LogP) is 3.59. The Morgan fingerprint density at radius 2 is 2.00 bits per heavy atom. The van der Waals surface area contributed by atoms with Gasteiger partial charge in [0.1, 0.15) is 0 Å². The van der Waals surface area contributed by atoms with Gasteiger partial charge in [0, 0.05) is 9.75 Å². The Kier molecular flexibility index (Phi) is 2.93. The first-order chi connectivity index (χ1) is 6.68. The van der Waals surface area contributed by atoms with Gasteiger partial charge >= 0.3 is 0 Å². The van der Waals surface area contributed by atoms with Crippen molar-refractivity contribution in [1.82, 2.24) is 0 Å². The van der Waals surface area contributed by atoms with E-state index in [1.54, 1.807) is 11.3 Å². The van der Waals surface area contributed by atoms with Gasteiger partial charge < -0.3 is 5.11 Å². The quantitative estimate of drug-likeness (QED) is 0.791. The molecule has 0 bridgehead atoms. The van der Waals surface area contributed by atoms with Crippen molar-refractivity contribution >= 4 is 11.3 Å². The molecule has 1 fully saturated rings. The standard InChI is InChI=1S/C12H18OS/c1-8-7-11(9(2)14-8)12(13)10-5-3-4-6-10/h7,10,12-13H,3-6H2,1-2H3. The number of aryl methyl sites for hydroxylation is 2. The summed E-state index contributed by atoms with van der Waals surface area (Å²) in [6, 6.07) is 2.16. The van der Waals surface area contributed by atoms with E-state index in [-0.39, 0.29) is 6.10 Å². The third-order valence-corrected chi connectivity index (χ3v) is 4.23. The lowest BCUT2D eigenvalue weighted by atomic mass is 9.95. The van der Waals surface area contributed by atoms with Crippen LogP contribution in [0.25, 0.3) is 0 Å². The maximum Gasteiger partial charge on any atom is 0.0828 e. The maximum absolute atomic E-state index is 10.2. The fourth-order valence-electron chi connectivity index (χ4n) is 2.47. The molecule has 1 unspecified atom stereocenters. The highest BCUT2D eigenvalue weighted by atomic mass is 32.1. The zero-order chi connectivity index (χ0) is 10.1. The van der Waals surface area contributed by atoms with Crippen LogP contribution in [-0.4, -0.2) is 5.11 Å². The second-order valence-electron chi connectivity index (χ2n) is 4.36. The number of thiophene rings is 1. The maximum atomic E-state index is 10.2. The van der Waals surface area contributed by atoms with Gasteiger partial charge in [-0.25, -0.2) is 0 Å². The number of aliphatic hydroxyl groups is 1. The van der Waals surface area contributed by atoms with Crippen LogP contribution in [0.1, 0.15) is 47.1 Å². The van der Waals surface area contributed by atoms with Crippen LogP contribution in [0.4, 0.5) is 0 Å². The molecule has 0 radical (unpaired) electrons. The molecule has 0 amide bonds. The van der Waals surface area contributed by atoms with Crippen molar-refractivity contribution in [2.45, 2.75) is 45.6 Å². The van der Waals surface area contributed by atoms with Crippen LogP contribution >= 0.6 is 11.3 Å². The van der Waals surface area contributed by atoms with E-state index in [0.29, 0.717) is 5.92 Å². The van der Waals surface area contributed by atoms with Crippen LogP contribution in [0, 0.1) is 19.8 Å². The summed E-state index contributed by atoms with van der Waals surface area (Å²) >= 11 is 1.80. The molecular weight excluding hydrogens is 192 g/mol. The minimum atomic E-state index is -0.206. The second-order valence-corrected chi connectivity index (χ2v) is 5.82. The van der Waals surface area contributed by atoms with Crippen LogP contribution in [0.3, 0.4) is 0 Å². The molecule has 2 rings (SSSR count). The third-order valence-electron chi connectivity index (χ3n) is 3.24. The number of hydrogen-bond donors (Lipinski definition) is 1. The Balaban J connectivity index is 2.17. The van der Waals surface area contributed by atoms with Gasteiger partial charge in [-0.05, 0) is 44.2 Å². The molecule has 2 heteroatoms. The molecule has 1 saturated carbocycles. The van der Waals surface area contributed by atoms with Gasteiger partial charge in [-0.2, -0.15) is 0 Å². The molecule has 1 aliphatic rings. The Bertz CT molecular complexity index is 310. The summed E-state index contributed by atoms with van der Waals surface area (Å²) in [5.41, 5.74) is 1.18. The highest BCUT2D eigenvalue weighted by molar-refractivity contribution is 7.12. The van der Waals surface area contributed by atoms with Crippen LogP contribution in [-0.2, 0) is 0 Å². The van der Waals surface area contributed by atoms with Gasteiger partial charge in [0.25, 0.3) is 0 Å². The Morgan fingerprint density at radius 1 is 1.36 bits per heavy atom. The first kappa shape index (κ1) is 10.2. The SMILES string of the molecule is Cc1cc(C(O)C2CCCC2)c(C)s1. The van der Waals surface area contributed by atoms with E-state index in [4.69, 9.17) is 0 Å². The van der Waals surface area contributed by atoms with Gasteiger partial charge in [-0.15, -0.1) is 11.3 Å². The number of aliphatic hydroxyl groups excluding tert-OH is 1. The molecule has 1 aromatic rings. The minimum absolute atomic E-state index is 0.206. The van der Waals surface area contributed by atoms with Crippen molar-refractivity contribution in [1.29, 1.82) is 0 Å². The Morgan fingerprint density at radius 3 is 2.50 bits per heavy atom. The molecule has 0 aromatic carbocycles. The molecule has 78 valence electrons. The van der Waals surface area contributed by atoms with E-state index >= 15 is 0 Å². The summed E-state index contributed by atoms with van der Waals surface area (Å²) in [4.78, 5) is 2.61. The first-order valence-electron chi connectivity index (χ1n) is 5.43. The van der Waals surface area contributed by atoms with Gasteiger partial charge in [0.2, 0.25) is 0 Å². The molecule has 1 aromatic heterocycles. The number of rotatable bonds is 2. The van der Waals surface area contributed by atoms with Crippen molar-refractivity contribution < 1.29 is 5.11 Å². The molecule has 1 atom stereocenters. The molecular formula is C12H18OS. The summed E-state index contributed by atoms with van der Waals surface area (Å²) in [5, 5.41) is 10.2. The predicted molar refractivity (Wildman–Crippen MR) is 60.7 cm³/mol. The van der Waals surface area contributed by atoms with Gasteiger partial charge in [0.15, 0.2) is 0 Å². The fourth-order valence-corrected chi connectivity index (χ4v) is 3.44. The summed E-state index contributed by atoms with van der Waals surface area (Å²) in [6.45, 7) is 4.23. The molecule has 1 aliphatic carbocycles. The zero-order valence-corrected chi connectivity index (χ0v) is 9.73. The molecule has 1 nitrogen and oxygen atoms in total. The smallest absolute Gasteiger partial charge is 0.0828 e. The lowest BCUT2D eigenvalue weighted by Gasteiger charge is -2.17. The van der Waals surface area contributed by atoms with Crippen molar-refractivity contribution in [3.05, 3.63) is 21.4 Å². The molecule has 14 heavy (non-hydrogen) atoms. The third kappa shape index (κ3) is 1.86. The summed E-state index contributed by atoms with van der Waals surface area (Å²) in [7, 11) is 0. The Hall–Kier alpha value is -0.340. The van der Waals surface area contributed by atoms with Gasteiger partial charge in [-0.3, -0.25) is 0 Å². The molecule has 1 N–H and O–H groups in total. The first-order valence-corrected chi connectivity index (χ1v) is 6.25. The Labute approximate surface area is 89.8 Å². The average molecular weight is 210 g/mol.